The quantitative estimate of drug-likeness (QED) is 0.331. The van der Waals surface area contributed by atoms with Gasteiger partial charge in [-0.2, -0.15) is 0 Å². The number of carboxylic acids is 1. The van der Waals surface area contributed by atoms with Gasteiger partial charge in [0.1, 0.15) is 6.04 Å². The summed E-state index contributed by atoms with van der Waals surface area (Å²) in [5, 5.41) is 14.1. The molecule has 0 saturated heterocycles. The highest BCUT2D eigenvalue weighted by molar-refractivity contribution is 5.87. The molecule has 0 amide bonds. The highest BCUT2D eigenvalue weighted by Crippen LogP contribution is 2.38. The fraction of sp³-hybridized carbons (Fsp3) is 0.444. The molecule has 0 bridgehead atoms. The van der Waals surface area contributed by atoms with Crippen LogP contribution in [0.15, 0.2) is 42.5 Å². The van der Waals surface area contributed by atoms with E-state index in [1.807, 2.05) is 42.5 Å². The van der Waals surface area contributed by atoms with Crippen molar-refractivity contribution in [3.05, 3.63) is 59.3 Å². The van der Waals surface area contributed by atoms with Crippen LogP contribution in [0.1, 0.15) is 68.3 Å². The molecule has 1 unspecified atom stereocenters. The van der Waals surface area contributed by atoms with Gasteiger partial charge in [-0.25, -0.2) is 0 Å². The second-order valence-corrected chi connectivity index (χ2v) is 8.78. The predicted molar refractivity (Wildman–Crippen MR) is 130 cm³/mol. The molecule has 0 radical (unpaired) electrons. The van der Waals surface area contributed by atoms with Crippen LogP contribution < -0.4 is 14.8 Å². The summed E-state index contributed by atoms with van der Waals surface area (Å²) in [6.45, 7) is 2.89. The van der Waals surface area contributed by atoms with E-state index in [0.29, 0.717) is 18.8 Å². The van der Waals surface area contributed by atoms with E-state index in [9.17, 15) is 9.90 Å². The Labute approximate surface area is 195 Å². The second-order valence-electron chi connectivity index (χ2n) is 8.78. The van der Waals surface area contributed by atoms with E-state index in [4.69, 9.17) is 9.47 Å². The molecule has 2 heterocycles. The van der Waals surface area contributed by atoms with Gasteiger partial charge in [0.2, 0.25) is 0 Å². The molecule has 2 atom stereocenters. The number of fused-ring (bicyclic) bond motifs is 3. The SMILES string of the molecule is CCCCCCCCOc1ccc(C2N[C@H](C(=O)O)Cc3c2[nH]c2ccccc32)cc1OC. The van der Waals surface area contributed by atoms with Crippen LogP contribution in [0, 0.1) is 0 Å². The summed E-state index contributed by atoms with van der Waals surface area (Å²) in [6.07, 6.45) is 7.73. The summed E-state index contributed by atoms with van der Waals surface area (Å²) in [5.74, 6) is 0.537. The van der Waals surface area contributed by atoms with Crippen LogP contribution in [0.25, 0.3) is 10.9 Å². The number of hydrogen-bond donors (Lipinski definition) is 3. The van der Waals surface area contributed by atoms with Gasteiger partial charge in [-0.05, 0) is 35.7 Å². The monoisotopic (exact) mass is 450 g/mol. The molecule has 1 aliphatic heterocycles. The molecule has 2 aromatic carbocycles. The molecule has 0 fully saturated rings. The summed E-state index contributed by atoms with van der Waals surface area (Å²) >= 11 is 0. The minimum absolute atomic E-state index is 0.274. The maximum atomic E-state index is 11.9. The number of H-pyrrole nitrogens is 1. The Balaban J connectivity index is 1.54. The molecule has 33 heavy (non-hydrogen) atoms. The van der Waals surface area contributed by atoms with Crippen LogP contribution in [-0.4, -0.2) is 35.8 Å². The number of ether oxygens (including phenoxy) is 2. The molecule has 0 saturated carbocycles. The van der Waals surface area contributed by atoms with Gasteiger partial charge in [-0.1, -0.05) is 63.3 Å². The number of nitrogens with one attached hydrogen (secondary N) is 2. The first-order valence-electron chi connectivity index (χ1n) is 12.0. The summed E-state index contributed by atoms with van der Waals surface area (Å²) in [4.78, 5) is 15.4. The number of carbonyl (C=O) groups is 1. The zero-order valence-corrected chi connectivity index (χ0v) is 19.5. The smallest absolute Gasteiger partial charge is 0.321 e. The zero-order valence-electron chi connectivity index (χ0n) is 19.5. The molecule has 3 aromatic rings. The minimum atomic E-state index is -0.846. The van der Waals surface area contributed by atoms with E-state index < -0.39 is 12.0 Å². The summed E-state index contributed by atoms with van der Waals surface area (Å²) in [7, 11) is 1.64. The Morgan fingerprint density at radius 1 is 1.06 bits per heavy atom. The first-order chi connectivity index (χ1) is 16.1. The average Bonchev–Trinajstić information content (AvgIpc) is 3.21. The Bertz CT molecular complexity index is 1090. The number of aromatic nitrogens is 1. The molecular weight excluding hydrogens is 416 g/mol. The number of aliphatic carboxylic acids is 1. The molecule has 1 aromatic heterocycles. The third-order valence-corrected chi connectivity index (χ3v) is 6.49. The van der Waals surface area contributed by atoms with Gasteiger partial charge in [0.05, 0.1) is 19.8 Å². The largest absolute Gasteiger partial charge is 0.493 e. The maximum absolute atomic E-state index is 11.9. The van der Waals surface area contributed by atoms with Crippen molar-refractivity contribution >= 4 is 16.9 Å². The Kier molecular flexibility index (Phi) is 7.55. The van der Waals surface area contributed by atoms with Gasteiger partial charge < -0.3 is 19.6 Å². The second kappa shape index (κ2) is 10.8. The fourth-order valence-electron chi connectivity index (χ4n) is 4.70. The molecule has 1 aliphatic rings. The van der Waals surface area contributed by atoms with Crippen LogP contribution in [0.4, 0.5) is 0 Å². The lowest BCUT2D eigenvalue weighted by atomic mass is 9.90. The molecule has 4 rings (SSSR count). The minimum Gasteiger partial charge on any atom is -0.493 e. The average molecular weight is 451 g/mol. The van der Waals surface area contributed by atoms with Crippen molar-refractivity contribution in [1.29, 1.82) is 0 Å². The van der Waals surface area contributed by atoms with Gasteiger partial charge >= 0.3 is 5.97 Å². The molecule has 6 heteroatoms. The van der Waals surface area contributed by atoms with Crippen molar-refractivity contribution in [3.63, 3.8) is 0 Å². The van der Waals surface area contributed by atoms with Crippen molar-refractivity contribution < 1.29 is 19.4 Å². The van der Waals surface area contributed by atoms with E-state index in [1.165, 1.54) is 32.1 Å². The predicted octanol–water partition coefficient (Wildman–Crippen LogP) is 5.60. The third-order valence-electron chi connectivity index (χ3n) is 6.49. The van der Waals surface area contributed by atoms with Gasteiger partial charge in [0.15, 0.2) is 11.5 Å². The molecule has 3 N–H and O–H groups in total. The number of carboxylic acid groups (broad SMARTS) is 1. The first-order valence-corrected chi connectivity index (χ1v) is 12.0. The molecule has 0 spiro atoms. The van der Waals surface area contributed by atoms with Gasteiger partial charge in [-0.15, -0.1) is 0 Å². The van der Waals surface area contributed by atoms with Crippen molar-refractivity contribution in [2.45, 2.75) is 64.0 Å². The number of benzene rings is 2. The number of hydrogen-bond acceptors (Lipinski definition) is 4. The number of methoxy groups -OCH3 is 1. The van der Waals surface area contributed by atoms with E-state index in [2.05, 4.69) is 17.2 Å². The van der Waals surface area contributed by atoms with Crippen molar-refractivity contribution in [2.75, 3.05) is 13.7 Å². The lowest BCUT2D eigenvalue weighted by molar-refractivity contribution is -0.139. The van der Waals surface area contributed by atoms with Crippen molar-refractivity contribution in [2.24, 2.45) is 0 Å². The molecule has 6 nitrogen and oxygen atoms in total. The van der Waals surface area contributed by atoms with Crippen LogP contribution in [0.3, 0.4) is 0 Å². The Morgan fingerprint density at radius 2 is 1.85 bits per heavy atom. The summed E-state index contributed by atoms with van der Waals surface area (Å²) in [6, 6.07) is 13.0. The van der Waals surface area contributed by atoms with E-state index >= 15 is 0 Å². The van der Waals surface area contributed by atoms with Gasteiger partial charge in [0, 0.05) is 23.0 Å². The van der Waals surface area contributed by atoms with E-state index in [0.717, 1.165) is 39.9 Å². The van der Waals surface area contributed by atoms with E-state index in [-0.39, 0.29) is 6.04 Å². The van der Waals surface area contributed by atoms with Crippen LogP contribution in [0.2, 0.25) is 0 Å². The Hall–Kier alpha value is -2.99. The van der Waals surface area contributed by atoms with Crippen molar-refractivity contribution in [1.82, 2.24) is 10.3 Å². The highest BCUT2D eigenvalue weighted by atomic mass is 16.5. The summed E-state index contributed by atoms with van der Waals surface area (Å²) in [5.41, 5.74) is 4.03. The summed E-state index contributed by atoms with van der Waals surface area (Å²) < 4.78 is 11.6. The Morgan fingerprint density at radius 3 is 2.64 bits per heavy atom. The number of para-hydroxylation sites is 1. The van der Waals surface area contributed by atoms with E-state index in [1.54, 1.807) is 7.11 Å². The molecular formula is C27H34N2O4. The van der Waals surface area contributed by atoms with Crippen LogP contribution in [-0.2, 0) is 11.2 Å². The fourth-order valence-corrected chi connectivity index (χ4v) is 4.70. The third kappa shape index (κ3) is 5.17. The first kappa shape index (κ1) is 23.2. The van der Waals surface area contributed by atoms with Crippen molar-refractivity contribution in [3.8, 4) is 11.5 Å². The lowest BCUT2D eigenvalue weighted by Gasteiger charge is -2.30. The van der Waals surface area contributed by atoms with Crippen LogP contribution >= 0.6 is 0 Å². The van der Waals surface area contributed by atoms with Gasteiger partial charge in [0.25, 0.3) is 0 Å². The molecule has 176 valence electrons. The van der Waals surface area contributed by atoms with Crippen LogP contribution in [0.5, 0.6) is 11.5 Å². The number of unbranched alkanes of at least 4 members (excludes halogenated alkanes) is 5. The standard InChI is InChI=1S/C27H34N2O4/c1-3-4-5-6-7-10-15-33-23-14-13-18(16-24(23)32-2)25-26-20(17-22(29-25)27(30)31)19-11-8-9-12-21(19)28-26/h8-9,11-14,16,22,25,28-29H,3-7,10,15,17H2,1-2H3,(H,30,31)/t22-,25?/m0/s1. The number of rotatable bonds is 11. The lowest BCUT2D eigenvalue weighted by Crippen LogP contribution is -2.44. The normalized spacial score (nSPS) is 17.6. The zero-order chi connectivity index (χ0) is 23.2. The van der Waals surface area contributed by atoms with Gasteiger partial charge in [-0.3, -0.25) is 10.1 Å². The molecule has 0 aliphatic carbocycles. The maximum Gasteiger partial charge on any atom is 0.321 e. The topological polar surface area (TPSA) is 83.6 Å². The number of aromatic amines is 1. The highest BCUT2D eigenvalue weighted by Gasteiger charge is 2.34.